The highest BCUT2D eigenvalue weighted by atomic mass is 16.5. The predicted octanol–water partition coefficient (Wildman–Crippen LogP) is 5.60. The minimum Gasteiger partial charge on any atom is -0.461 e. The second-order valence-corrected chi connectivity index (χ2v) is 8.13. The summed E-state index contributed by atoms with van der Waals surface area (Å²) in [6.45, 7) is 2.15. The van der Waals surface area contributed by atoms with Crippen molar-refractivity contribution in [2.45, 2.75) is 45.0 Å². The van der Waals surface area contributed by atoms with Crippen molar-refractivity contribution in [1.82, 2.24) is 4.90 Å². The SMILES string of the molecule is O=C(OCc1ccccc1)C1CCC(N(Cc2ccccc2)Cc2ccccc2)C1. The molecule has 0 aromatic heterocycles. The Morgan fingerprint density at radius 1 is 0.733 bits per heavy atom. The monoisotopic (exact) mass is 399 g/mol. The van der Waals surface area contributed by atoms with Crippen molar-refractivity contribution < 1.29 is 9.53 Å². The van der Waals surface area contributed by atoms with Crippen LogP contribution in [0.5, 0.6) is 0 Å². The summed E-state index contributed by atoms with van der Waals surface area (Å²) in [6, 6.07) is 31.5. The van der Waals surface area contributed by atoms with Crippen LogP contribution in [0, 0.1) is 5.92 Å². The number of carbonyl (C=O) groups is 1. The maximum atomic E-state index is 12.7. The highest BCUT2D eigenvalue weighted by Gasteiger charge is 2.34. The van der Waals surface area contributed by atoms with Gasteiger partial charge in [0.05, 0.1) is 5.92 Å². The van der Waals surface area contributed by atoms with Gasteiger partial charge in [-0.2, -0.15) is 0 Å². The third kappa shape index (κ3) is 5.58. The van der Waals surface area contributed by atoms with Crippen molar-refractivity contribution >= 4 is 5.97 Å². The highest BCUT2D eigenvalue weighted by Crippen LogP contribution is 2.32. The molecule has 1 aliphatic rings. The van der Waals surface area contributed by atoms with E-state index in [1.54, 1.807) is 0 Å². The molecule has 3 aromatic carbocycles. The van der Waals surface area contributed by atoms with Crippen molar-refractivity contribution in [3.63, 3.8) is 0 Å². The topological polar surface area (TPSA) is 29.5 Å². The molecule has 0 N–H and O–H groups in total. The Balaban J connectivity index is 1.39. The van der Waals surface area contributed by atoms with Crippen LogP contribution in [-0.4, -0.2) is 16.9 Å². The molecular weight excluding hydrogens is 370 g/mol. The molecule has 0 radical (unpaired) electrons. The lowest BCUT2D eigenvalue weighted by Gasteiger charge is -2.29. The van der Waals surface area contributed by atoms with E-state index in [1.165, 1.54) is 11.1 Å². The number of hydrogen-bond donors (Lipinski definition) is 0. The van der Waals surface area contributed by atoms with Crippen molar-refractivity contribution in [1.29, 1.82) is 0 Å². The van der Waals surface area contributed by atoms with Crippen LogP contribution < -0.4 is 0 Å². The lowest BCUT2D eigenvalue weighted by atomic mass is 10.1. The van der Waals surface area contributed by atoms with Crippen LogP contribution in [0.4, 0.5) is 0 Å². The molecule has 1 saturated carbocycles. The quantitative estimate of drug-likeness (QED) is 0.462. The summed E-state index contributed by atoms with van der Waals surface area (Å²) in [5.74, 6) is -0.0616. The summed E-state index contributed by atoms with van der Waals surface area (Å²) in [5.41, 5.74) is 3.65. The summed E-state index contributed by atoms with van der Waals surface area (Å²) in [7, 11) is 0. The second-order valence-electron chi connectivity index (χ2n) is 8.13. The molecule has 0 aliphatic heterocycles. The van der Waals surface area contributed by atoms with Crippen LogP contribution in [0.2, 0.25) is 0 Å². The van der Waals surface area contributed by atoms with E-state index in [0.29, 0.717) is 12.6 Å². The fraction of sp³-hybridized carbons (Fsp3) is 0.296. The van der Waals surface area contributed by atoms with E-state index < -0.39 is 0 Å². The normalized spacial score (nSPS) is 18.4. The van der Waals surface area contributed by atoms with E-state index in [1.807, 2.05) is 30.3 Å². The summed E-state index contributed by atoms with van der Waals surface area (Å²) in [4.78, 5) is 15.2. The zero-order valence-corrected chi connectivity index (χ0v) is 17.3. The number of carbonyl (C=O) groups excluding carboxylic acids is 1. The molecule has 30 heavy (non-hydrogen) atoms. The lowest BCUT2D eigenvalue weighted by Crippen LogP contribution is -2.33. The predicted molar refractivity (Wildman–Crippen MR) is 119 cm³/mol. The van der Waals surface area contributed by atoms with E-state index in [9.17, 15) is 4.79 Å². The number of nitrogens with zero attached hydrogens (tertiary/aromatic N) is 1. The zero-order valence-electron chi connectivity index (χ0n) is 17.3. The molecule has 1 fully saturated rings. The van der Waals surface area contributed by atoms with Gasteiger partial charge in [0.25, 0.3) is 0 Å². The molecule has 0 saturated heterocycles. The van der Waals surface area contributed by atoms with Gasteiger partial charge in [-0.05, 0) is 36.0 Å². The Morgan fingerprint density at radius 2 is 1.23 bits per heavy atom. The fourth-order valence-corrected chi connectivity index (χ4v) is 4.30. The Labute approximate surface area is 179 Å². The molecule has 3 heteroatoms. The Morgan fingerprint density at radius 3 is 1.77 bits per heavy atom. The van der Waals surface area contributed by atoms with E-state index in [-0.39, 0.29) is 11.9 Å². The minimum atomic E-state index is -0.0549. The Kier molecular flexibility index (Phi) is 6.94. The van der Waals surface area contributed by atoms with Crippen LogP contribution >= 0.6 is 0 Å². The Bertz CT molecular complexity index is 870. The molecule has 4 rings (SSSR count). The summed E-state index contributed by atoms with van der Waals surface area (Å²) in [6.07, 6.45) is 2.80. The van der Waals surface area contributed by atoms with Gasteiger partial charge in [-0.3, -0.25) is 9.69 Å². The van der Waals surface area contributed by atoms with Crippen molar-refractivity contribution in [3.05, 3.63) is 108 Å². The first-order valence-electron chi connectivity index (χ1n) is 10.8. The molecule has 0 amide bonds. The molecule has 1 aliphatic carbocycles. The van der Waals surface area contributed by atoms with Crippen molar-refractivity contribution in [3.8, 4) is 0 Å². The van der Waals surface area contributed by atoms with Gasteiger partial charge in [0.1, 0.15) is 6.61 Å². The van der Waals surface area contributed by atoms with Gasteiger partial charge in [0.2, 0.25) is 0 Å². The average Bonchev–Trinajstić information content (AvgIpc) is 3.30. The maximum absolute atomic E-state index is 12.7. The van der Waals surface area contributed by atoms with Crippen LogP contribution in [0.15, 0.2) is 91.0 Å². The van der Waals surface area contributed by atoms with Gasteiger partial charge >= 0.3 is 5.97 Å². The van der Waals surface area contributed by atoms with E-state index in [0.717, 1.165) is 37.9 Å². The number of ether oxygens (including phenoxy) is 1. The van der Waals surface area contributed by atoms with Gasteiger partial charge in [0.15, 0.2) is 0 Å². The minimum absolute atomic E-state index is 0.00670. The second kappa shape index (κ2) is 10.2. The first kappa shape index (κ1) is 20.4. The van der Waals surface area contributed by atoms with Gasteiger partial charge in [-0.1, -0.05) is 91.0 Å². The van der Waals surface area contributed by atoms with Crippen LogP contribution in [0.1, 0.15) is 36.0 Å². The molecule has 2 atom stereocenters. The van der Waals surface area contributed by atoms with Crippen LogP contribution in [-0.2, 0) is 29.2 Å². The van der Waals surface area contributed by atoms with Gasteiger partial charge in [-0.15, -0.1) is 0 Å². The molecule has 3 aromatic rings. The van der Waals surface area contributed by atoms with Gasteiger partial charge < -0.3 is 4.74 Å². The summed E-state index contributed by atoms with van der Waals surface area (Å²) in [5, 5.41) is 0. The van der Waals surface area contributed by atoms with E-state index in [4.69, 9.17) is 4.74 Å². The fourth-order valence-electron chi connectivity index (χ4n) is 4.30. The molecule has 2 unspecified atom stereocenters. The van der Waals surface area contributed by atoms with Crippen LogP contribution in [0.3, 0.4) is 0 Å². The van der Waals surface area contributed by atoms with Crippen molar-refractivity contribution in [2.24, 2.45) is 5.92 Å². The van der Waals surface area contributed by atoms with Crippen LogP contribution in [0.25, 0.3) is 0 Å². The Hall–Kier alpha value is -2.91. The highest BCUT2D eigenvalue weighted by molar-refractivity contribution is 5.72. The molecule has 3 nitrogen and oxygen atoms in total. The summed E-state index contributed by atoms with van der Waals surface area (Å²) < 4.78 is 5.62. The van der Waals surface area contributed by atoms with E-state index >= 15 is 0 Å². The number of benzene rings is 3. The zero-order chi connectivity index (χ0) is 20.6. The number of esters is 1. The first-order valence-corrected chi connectivity index (χ1v) is 10.8. The smallest absolute Gasteiger partial charge is 0.309 e. The third-order valence-corrected chi connectivity index (χ3v) is 5.94. The maximum Gasteiger partial charge on any atom is 0.309 e. The number of rotatable bonds is 8. The molecular formula is C27H29NO2. The van der Waals surface area contributed by atoms with Crippen molar-refractivity contribution in [2.75, 3.05) is 0 Å². The van der Waals surface area contributed by atoms with Gasteiger partial charge in [0, 0.05) is 19.1 Å². The molecule has 0 spiro atoms. The average molecular weight is 400 g/mol. The first-order chi connectivity index (χ1) is 14.8. The molecule has 0 heterocycles. The van der Waals surface area contributed by atoms with E-state index in [2.05, 4.69) is 65.6 Å². The number of hydrogen-bond acceptors (Lipinski definition) is 3. The summed E-state index contributed by atoms with van der Waals surface area (Å²) >= 11 is 0. The standard InChI is InChI=1S/C27H29NO2/c29-27(30-21-24-14-8-3-9-15-24)25-16-17-26(18-25)28(19-22-10-4-1-5-11-22)20-23-12-6-2-7-13-23/h1-15,25-26H,16-21H2. The lowest BCUT2D eigenvalue weighted by molar-refractivity contribution is -0.149. The largest absolute Gasteiger partial charge is 0.461 e. The molecule has 154 valence electrons. The third-order valence-electron chi connectivity index (χ3n) is 5.94. The molecule has 0 bridgehead atoms. The van der Waals surface area contributed by atoms with Gasteiger partial charge in [-0.25, -0.2) is 0 Å².